The van der Waals surface area contributed by atoms with Crippen molar-refractivity contribution in [1.82, 2.24) is 0 Å². The van der Waals surface area contributed by atoms with Crippen molar-refractivity contribution in [2.45, 2.75) is 13.0 Å². The van der Waals surface area contributed by atoms with Crippen LogP contribution in [0.25, 0.3) is 0 Å². The van der Waals surface area contributed by atoms with Gasteiger partial charge in [0.05, 0.1) is 12.6 Å². The molecule has 2 aromatic rings. The topological polar surface area (TPSA) is 35.2 Å². The maximum atomic E-state index is 6.25. The van der Waals surface area contributed by atoms with E-state index >= 15 is 0 Å². The Hall–Kier alpha value is -0.840. The lowest BCUT2D eigenvalue weighted by Gasteiger charge is -2.13. The molecule has 0 amide bonds. The van der Waals surface area contributed by atoms with Gasteiger partial charge in [-0.25, -0.2) is 0 Å². The predicted octanol–water partition coefficient (Wildman–Crippen LogP) is 3.96. The molecule has 1 aromatic carbocycles. The molecule has 1 atom stereocenters. The summed E-state index contributed by atoms with van der Waals surface area (Å²) in [6, 6.07) is 7.83. The van der Waals surface area contributed by atoms with Gasteiger partial charge in [0.1, 0.15) is 5.75 Å². The highest BCUT2D eigenvalue weighted by Gasteiger charge is 2.13. The molecule has 0 spiro atoms. The number of halogens is 1. The van der Waals surface area contributed by atoms with Crippen LogP contribution in [0.1, 0.15) is 24.1 Å². The third kappa shape index (κ3) is 2.89. The van der Waals surface area contributed by atoms with Gasteiger partial charge in [0.2, 0.25) is 0 Å². The van der Waals surface area contributed by atoms with Gasteiger partial charge < -0.3 is 10.5 Å². The lowest BCUT2D eigenvalue weighted by Crippen LogP contribution is -2.11. The maximum absolute atomic E-state index is 6.25. The summed E-state index contributed by atoms with van der Waals surface area (Å²) in [6.07, 6.45) is 0. The summed E-state index contributed by atoms with van der Waals surface area (Å²) < 4.78 is 6.55. The van der Waals surface area contributed by atoms with Crippen molar-refractivity contribution >= 4 is 27.3 Å². The fourth-order valence-electron chi connectivity index (χ4n) is 1.66. The fourth-order valence-corrected chi connectivity index (χ4v) is 3.24. The van der Waals surface area contributed by atoms with E-state index in [1.54, 1.807) is 11.3 Å². The van der Waals surface area contributed by atoms with E-state index in [0.717, 1.165) is 21.3 Å². The molecule has 1 heterocycles. The van der Waals surface area contributed by atoms with E-state index in [2.05, 4.69) is 21.3 Å². The maximum Gasteiger partial charge on any atom is 0.119 e. The van der Waals surface area contributed by atoms with Crippen molar-refractivity contribution in [3.8, 4) is 5.75 Å². The van der Waals surface area contributed by atoms with Gasteiger partial charge in [-0.3, -0.25) is 0 Å². The fraction of sp³-hybridized carbons (Fsp3) is 0.231. The van der Waals surface area contributed by atoms with Gasteiger partial charge >= 0.3 is 0 Å². The van der Waals surface area contributed by atoms with E-state index < -0.39 is 0 Å². The van der Waals surface area contributed by atoms with Crippen LogP contribution in [0.4, 0.5) is 0 Å². The molecule has 0 aliphatic carbocycles. The van der Waals surface area contributed by atoms with Gasteiger partial charge in [-0.1, -0.05) is 12.1 Å². The molecule has 2 nitrogen and oxygen atoms in total. The summed E-state index contributed by atoms with van der Waals surface area (Å²) in [7, 11) is 0. The summed E-state index contributed by atoms with van der Waals surface area (Å²) in [5.74, 6) is 0.867. The first-order valence-electron chi connectivity index (χ1n) is 5.42. The predicted molar refractivity (Wildman–Crippen MR) is 75.7 cm³/mol. The summed E-state index contributed by atoms with van der Waals surface area (Å²) in [4.78, 5) is 0. The van der Waals surface area contributed by atoms with E-state index in [1.807, 2.05) is 36.6 Å². The summed E-state index contributed by atoms with van der Waals surface area (Å²) in [5, 5.41) is 4.11. The summed E-state index contributed by atoms with van der Waals surface area (Å²) in [6.45, 7) is 2.64. The lowest BCUT2D eigenvalue weighted by atomic mass is 10.0. The number of hydrogen-bond acceptors (Lipinski definition) is 3. The van der Waals surface area contributed by atoms with Gasteiger partial charge in [-0.2, -0.15) is 11.3 Å². The van der Waals surface area contributed by atoms with Crippen LogP contribution in [-0.2, 0) is 0 Å². The van der Waals surface area contributed by atoms with Crippen LogP contribution in [0.15, 0.2) is 39.5 Å². The Balaban J connectivity index is 2.28. The quantitative estimate of drug-likeness (QED) is 0.927. The summed E-state index contributed by atoms with van der Waals surface area (Å²) >= 11 is 5.16. The van der Waals surface area contributed by atoms with Gasteiger partial charge in [0.15, 0.2) is 0 Å². The molecule has 0 aliphatic heterocycles. The molecule has 1 unspecified atom stereocenters. The highest BCUT2D eigenvalue weighted by Crippen LogP contribution is 2.31. The normalized spacial score (nSPS) is 12.4. The molecular weight excluding hydrogens is 298 g/mol. The zero-order chi connectivity index (χ0) is 12.3. The van der Waals surface area contributed by atoms with Gasteiger partial charge in [-0.15, -0.1) is 0 Å². The zero-order valence-electron chi connectivity index (χ0n) is 9.52. The molecule has 90 valence electrons. The van der Waals surface area contributed by atoms with Crippen molar-refractivity contribution < 1.29 is 4.74 Å². The highest BCUT2D eigenvalue weighted by atomic mass is 79.9. The van der Waals surface area contributed by atoms with Crippen LogP contribution in [-0.4, -0.2) is 6.61 Å². The molecule has 0 fully saturated rings. The Morgan fingerprint density at radius 3 is 2.88 bits per heavy atom. The van der Waals surface area contributed by atoms with E-state index in [4.69, 9.17) is 10.5 Å². The Bertz CT molecular complexity index is 498. The lowest BCUT2D eigenvalue weighted by molar-refractivity contribution is 0.340. The molecular formula is C13H14BrNOS. The molecule has 0 bridgehead atoms. The van der Waals surface area contributed by atoms with Gasteiger partial charge in [-0.05, 0) is 51.5 Å². The summed E-state index contributed by atoms with van der Waals surface area (Å²) in [5.41, 5.74) is 8.43. The van der Waals surface area contributed by atoms with E-state index in [0.29, 0.717) is 6.61 Å². The Morgan fingerprint density at radius 1 is 1.41 bits per heavy atom. The first-order chi connectivity index (χ1) is 8.22. The molecule has 0 saturated carbocycles. The molecule has 4 heteroatoms. The molecule has 0 radical (unpaired) electrons. The van der Waals surface area contributed by atoms with Gasteiger partial charge in [0.25, 0.3) is 0 Å². The minimum Gasteiger partial charge on any atom is -0.494 e. The average molecular weight is 312 g/mol. The largest absolute Gasteiger partial charge is 0.494 e. The number of nitrogens with two attached hydrogens (primary N) is 1. The second-order valence-electron chi connectivity index (χ2n) is 3.66. The minimum absolute atomic E-state index is 0.115. The number of thiophene rings is 1. The number of hydrogen-bond donors (Lipinski definition) is 1. The third-order valence-corrected chi connectivity index (χ3v) is 4.26. The first-order valence-corrected chi connectivity index (χ1v) is 7.16. The molecule has 2 rings (SSSR count). The molecule has 0 aliphatic rings. The Labute approximate surface area is 114 Å². The van der Waals surface area contributed by atoms with E-state index in [9.17, 15) is 0 Å². The standard InChI is InChI=1S/C13H14BrNOS/c1-2-16-10-5-3-4-9(6-10)13(15)11-7-17-8-12(11)14/h3-8,13H,2,15H2,1H3. The van der Waals surface area contributed by atoms with Crippen LogP contribution in [0.2, 0.25) is 0 Å². The van der Waals surface area contributed by atoms with E-state index in [1.165, 1.54) is 0 Å². The van der Waals surface area contributed by atoms with Crippen LogP contribution in [0.5, 0.6) is 5.75 Å². The van der Waals surface area contributed by atoms with Crippen LogP contribution < -0.4 is 10.5 Å². The monoisotopic (exact) mass is 311 g/mol. The molecule has 0 saturated heterocycles. The number of ether oxygens (including phenoxy) is 1. The second-order valence-corrected chi connectivity index (χ2v) is 5.26. The SMILES string of the molecule is CCOc1cccc(C(N)c2cscc2Br)c1. The smallest absolute Gasteiger partial charge is 0.119 e. The van der Waals surface area contributed by atoms with Crippen LogP contribution >= 0.6 is 27.3 Å². The average Bonchev–Trinajstić information content (AvgIpc) is 2.75. The molecule has 17 heavy (non-hydrogen) atoms. The Morgan fingerprint density at radius 2 is 2.24 bits per heavy atom. The second kappa shape index (κ2) is 5.67. The van der Waals surface area contributed by atoms with Crippen molar-refractivity contribution in [3.63, 3.8) is 0 Å². The van der Waals surface area contributed by atoms with Crippen molar-refractivity contribution in [1.29, 1.82) is 0 Å². The van der Waals surface area contributed by atoms with Crippen molar-refractivity contribution in [2.24, 2.45) is 5.73 Å². The van der Waals surface area contributed by atoms with E-state index in [-0.39, 0.29) is 6.04 Å². The molecule has 2 N–H and O–H groups in total. The van der Waals surface area contributed by atoms with Gasteiger partial charge in [0, 0.05) is 9.85 Å². The number of rotatable bonds is 4. The first kappa shape index (κ1) is 12.6. The van der Waals surface area contributed by atoms with Crippen LogP contribution in [0.3, 0.4) is 0 Å². The minimum atomic E-state index is -0.115. The number of benzene rings is 1. The van der Waals surface area contributed by atoms with Crippen LogP contribution in [0, 0.1) is 0 Å². The Kier molecular flexibility index (Phi) is 4.20. The van der Waals surface area contributed by atoms with Crippen molar-refractivity contribution in [2.75, 3.05) is 6.61 Å². The zero-order valence-corrected chi connectivity index (χ0v) is 11.9. The third-order valence-electron chi connectivity index (χ3n) is 2.51. The van der Waals surface area contributed by atoms with Crippen molar-refractivity contribution in [3.05, 3.63) is 50.6 Å². The highest BCUT2D eigenvalue weighted by molar-refractivity contribution is 9.10. The molecule has 1 aromatic heterocycles.